The van der Waals surface area contributed by atoms with Gasteiger partial charge in [-0.2, -0.15) is 5.26 Å². The van der Waals surface area contributed by atoms with Gasteiger partial charge in [0.05, 0.1) is 18.2 Å². The first-order valence-electron chi connectivity index (χ1n) is 5.14. The number of methoxy groups -OCH3 is 1. The van der Waals surface area contributed by atoms with Crippen molar-refractivity contribution in [1.82, 2.24) is 0 Å². The second-order valence-corrected chi connectivity index (χ2v) is 3.90. The summed E-state index contributed by atoms with van der Waals surface area (Å²) in [6.45, 7) is 2.77. The summed E-state index contributed by atoms with van der Waals surface area (Å²) in [5.74, 6) is 0.682. The Labute approximate surface area is 101 Å². The average molecular weight is 239 g/mol. The van der Waals surface area contributed by atoms with E-state index in [1.165, 1.54) is 0 Å². The lowest BCUT2D eigenvalue weighted by molar-refractivity contribution is 0.415. The molecule has 0 fully saturated rings. The van der Waals surface area contributed by atoms with E-state index in [-0.39, 0.29) is 0 Å². The van der Waals surface area contributed by atoms with Crippen molar-refractivity contribution in [1.29, 1.82) is 5.26 Å². The molecule has 3 nitrogen and oxygen atoms in total. The van der Waals surface area contributed by atoms with Gasteiger partial charge in [0, 0.05) is 18.7 Å². The molecule has 0 aliphatic carbocycles. The molecule has 0 aliphatic rings. The molecule has 0 atom stereocenters. The Kier molecular flexibility index (Phi) is 4.94. The molecule has 16 heavy (non-hydrogen) atoms. The van der Waals surface area contributed by atoms with Crippen LogP contribution in [0.25, 0.3) is 0 Å². The number of nitrogens with zero attached hydrogens (tertiary/aromatic N) is 1. The van der Waals surface area contributed by atoms with E-state index in [0.29, 0.717) is 17.2 Å². The van der Waals surface area contributed by atoms with E-state index in [2.05, 4.69) is 11.4 Å². The molecule has 4 heteroatoms. The quantitative estimate of drug-likeness (QED) is 0.800. The maximum Gasteiger partial charge on any atom is 0.137 e. The highest BCUT2D eigenvalue weighted by Crippen LogP contribution is 2.30. The molecule has 0 heterocycles. The van der Waals surface area contributed by atoms with Crippen LogP contribution in [0.5, 0.6) is 5.75 Å². The Morgan fingerprint density at radius 1 is 1.50 bits per heavy atom. The minimum atomic E-state index is 0.565. The number of benzene rings is 1. The van der Waals surface area contributed by atoms with E-state index in [1.54, 1.807) is 7.11 Å². The molecule has 0 spiro atoms. The van der Waals surface area contributed by atoms with Crippen molar-refractivity contribution >= 4 is 17.3 Å². The van der Waals surface area contributed by atoms with Crippen LogP contribution in [0.15, 0.2) is 12.1 Å². The first-order valence-corrected chi connectivity index (χ1v) is 5.51. The molecule has 0 unspecified atom stereocenters. The van der Waals surface area contributed by atoms with Crippen LogP contribution < -0.4 is 10.1 Å². The van der Waals surface area contributed by atoms with Gasteiger partial charge in [-0.05, 0) is 31.0 Å². The third-order valence-electron chi connectivity index (χ3n) is 2.28. The van der Waals surface area contributed by atoms with Crippen LogP contribution in [-0.4, -0.2) is 13.7 Å². The molecule has 0 radical (unpaired) electrons. The predicted molar refractivity (Wildman–Crippen MR) is 66.1 cm³/mol. The molecule has 86 valence electrons. The highest BCUT2D eigenvalue weighted by atomic mass is 35.5. The van der Waals surface area contributed by atoms with E-state index in [4.69, 9.17) is 21.6 Å². The molecular weight excluding hydrogens is 224 g/mol. The van der Waals surface area contributed by atoms with E-state index in [9.17, 15) is 0 Å². The van der Waals surface area contributed by atoms with Crippen molar-refractivity contribution in [3.63, 3.8) is 0 Å². The third kappa shape index (κ3) is 3.32. The number of halogens is 1. The molecule has 0 saturated heterocycles. The van der Waals surface area contributed by atoms with Crippen molar-refractivity contribution in [3.8, 4) is 11.8 Å². The smallest absolute Gasteiger partial charge is 0.137 e. The Hall–Kier alpha value is -1.40. The monoisotopic (exact) mass is 238 g/mol. The lowest BCUT2D eigenvalue weighted by Crippen LogP contribution is -2.03. The predicted octanol–water partition coefficient (Wildman–Crippen LogP) is 3.37. The fraction of sp³-hybridized carbons (Fsp3) is 0.417. The van der Waals surface area contributed by atoms with Gasteiger partial charge >= 0.3 is 0 Å². The van der Waals surface area contributed by atoms with Crippen LogP contribution in [0.4, 0.5) is 5.69 Å². The summed E-state index contributed by atoms with van der Waals surface area (Å²) in [4.78, 5) is 0. The fourth-order valence-corrected chi connectivity index (χ4v) is 1.63. The molecule has 1 aromatic carbocycles. The number of aryl methyl sites for hydroxylation is 1. The van der Waals surface area contributed by atoms with Gasteiger partial charge in [0.15, 0.2) is 0 Å². The Morgan fingerprint density at radius 3 is 2.88 bits per heavy atom. The Morgan fingerprint density at radius 2 is 2.25 bits per heavy atom. The number of nitriles is 1. The zero-order valence-electron chi connectivity index (χ0n) is 9.51. The van der Waals surface area contributed by atoms with Gasteiger partial charge in [-0.25, -0.2) is 0 Å². The normalized spacial score (nSPS) is 9.62. The molecule has 0 saturated carbocycles. The van der Waals surface area contributed by atoms with Crippen LogP contribution in [0.3, 0.4) is 0 Å². The average Bonchev–Trinajstić information content (AvgIpc) is 2.28. The number of hydrogen-bond acceptors (Lipinski definition) is 3. The summed E-state index contributed by atoms with van der Waals surface area (Å²) in [6, 6.07) is 5.86. The van der Waals surface area contributed by atoms with Crippen LogP contribution in [-0.2, 0) is 0 Å². The van der Waals surface area contributed by atoms with Crippen molar-refractivity contribution in [3.05, 3.63) is 22.7 Å². The fourth-order valence-electron chi connectivity index (χ4n) is 1.39. The number of nitrogens with one attached hydrogen (secondary N) is 1. The van der Waals surface area contributed by atoms with Crippen molar-refractivity contribution in [2.45, 2.75) is 19.8 Å². The number of ether oxygens (including phenoxy) is 1. The molecule has 0 aromatic heterocycles. The van der Waals surface area contributed by atoms with E-state index in [1.807, 2.05) is 19.1 Å². The third-order valence-corrected chi connectivity index (χ3v) is 2.57. The topological polar surface area (TPSA) is 45.0 Å². The van der Waals surface area contributed by atoms with Crippen LogP contribution >= 0.6 is 11.6 Å². The summed E-state index contributed by atoms with van der Waals surface area (Å²) < 4.78 is 5.12. The molecule has 1 rings (SSSR count). The standard InChI is InChI=1S/C12H15ClN2O/c1-9-7-12(16-2)10(13)8-11(9)15-6-4-3-5-14/h7-8,15H,3-4,6H2,1-2H3. The van der Waals surface area contributed by atoms with Gasteiger partial charge < -0.3 is 10.1 Å². The van der Waals surface area contributed by atoms with Gasteiger partial charge in [-0.15, -0.1) is 0 Å². The van der Waals surface area contributed by atoms with Crippen LogP contribution in [0.1, 0.15) is 18.4 Å². The summed E-state index contributed by atoms with van der Waals surface area (Å²) >= 11 is 6.02. The highest BCUT2D eigenvalue weighted by Gasteiger charge is 2.05. The minimum absolute atomic E-state index is 0.565. The van der Waals surface area contributed by atoms with Crippen molar-refractivity contribution in [2.24, 2.45) is 0 Å². The summed E-state index contributed by atoms with van der Waals surface area (Å²) in [6.07, 6.45) is 1.40. The molecule has 0 aliphatic heterocycles. The van der Waals surface area contributed by atoms with Gasteiger partial charge in [-0.1, -0.05) is 11.6 Å². The SMILES string of the molecule is COc1cc(C)c(NCCCC#N)cc1Cl. The zero-order valence-corrected chi connectivity index (χ0v) is 10.3. The van der Waals surface area contributed by atoms with Crippen molar-refractivity contribution in [2.75, 3.05) is 19.0 Å². The molecule has 0 bridgehead atoms. The molecule has 1 aromatic rings. The lowest BCUT2D eigenvalue weighted by atomic mass is 10.2. The number of anilines is 1. The summed E-state index contributed by atoms with van der Waals surface area (Å²) in [5.41, 5.74) is 2.07. The second-order valence-electron chi connectivity index (χ2n) is 3.49. The van der Waals surface area contributed by atoms with E-state index in [0.717, 1.165) is 24.2 Å². The zero-order chi connectivity index (χ0) is 12.0. The second kappa shape index (κ2) is 6.24. The van der Waals surface area contributed by atoms with Gasteiger partial charge in [-0.3, -0.25) is 0 Å². The highest BCUT2D eigenvalue weighted by molar-refractivity contribution is 6.32. The largest absolute Gasteiger partial charge is 0.495 e. The van der Waals surface area contributed by atoms with Crippen molar-refractivity contribution < 1.29 is 4.74 Å². The maximum atomic E-state index is 8.42. The first-order chi connectivity index (χ1) is 7.69. The van der Waals surface area contributed by atoms with Crippen LogP contribution in [0.2, 0.25) is 5.02 Å². The van der Waals surface area contributed by atoms with Gasteiger partial charge in [0.1, 0.15) is 5.75 Å². The summed E-state index contributed by atoms with van der Waals surface area (Å²) in [5, 5.41) is 12.3. The first kappa shape index (κ1) is 12.7. The maximum absolute atomic E-state index is 8.42. The Balaban J connectivity index is 2.67. The number of rotatable bonds is 5. The van der Waals surface area contributed by atoms with Crippen LogP contribution in [0, 0.1) is 18.3 Å². The number of unbranched alkanes of at least 4 members (excludes halogenated alkanes) is 1. The molecular formula is C12H15ClN2O. The minimum Gasteiger partial charge on any atom is -0.495 e. The number of hydrogen-bond donors (Lipinski definition) is 1. The Bertz CT molecular complexity index is 399. The van der Waals surface area contributed by atoms with Gasteiger partial charge in [0.25, 0.3) is 0 Å². The van der Waals surface area contributed by atoms with E-state index >= 15 is 0 Å². The summed E-state index contributed by atoms with van der Waals surface area (Å²) in [7, 11) is 1.60. The van der Waals surface area contributed by atoms with E-state index < -0.39 is 0 Å². The van der Waals surface area contributed by atoms with Gasteiger partial charge in [0.2, 0.25) is 0 Å². The lowest BCUT2D eigenvalue weighted by Gasteiger charge is -2.11. The molecule has 1 N–H and O–H groups in total. The molecule has 0 amide bonds.